The van der Waals surface area contributed by atoms with E-state index in [9.17, 15) is 21.6 Å². The van der Waals surface area contributed by atoms with Crippen molar-refractivity contribution in [2.24, 2.45) is 5.14 Å². The van der Waals surface area contributed by atoms with E-state index in [1.54, 1.807) is 22.6 Å². The molecule has 0 saturated heterocycles. The number of alkyl halides is 3. The van der Waals surface area contributed by atoms with Gasteiger partial charge < -0.3 is 0 Å². The number of nitrogens with two attached hydrogens (primary N) is 1. The van der Waals surface area contributed by atoms with Gasteiger partial charge in [-0.15, -0.1) is 0 Å². The molecule has 2 N–H and O–H groups in total. The Kier molecular flexibility index (Phi) is 3.84. The lowest BCUT2D eigenvalue weighted by atomic mass is 10.4. The van der Waals surface area contributed by atoms with Gasteiger partial charge in [-0.25, -0.2) is 13.6 Å². The van der Waals surface area contributed by atoms with Crippen LogP contribution in [0.2, 0.25) is 0 Å². The van der Waals surface area contributed by atoms with Crippen molar-refractivity contribution in [3.05, 3.63) is 9.90 Å². The number of halogens is 4. The Morgan fingerprint density at radius 2 is 2.06 bits per heavy atom. The van der Waals surface area contributed by atoms with E-state index in [2.05, 4.69) is 5.10 Å². The number of hydrogen-bond acceptors (Lipinski definition) is 3. The number of sulfonamides is 1. The molecule has 5 nitrogen and oxygen atoms in total. The standard InChI is InChI=1S/C6H7F3IN3O2S/c7-6(8,9)1-2-13-5(10)4(3-12-13)16(11,14)15/h3H,1-2H2,(H2,11,14,15). The molecule has 0 saturated carbocycles. The number of nitrogens with zero attached hydrogens (tertiary/aromatic N) is 2. The molecule has 0 atom stereocenters. The molecule has 0 bridgehead atoms. The van der Waals surface area contributed by atoms with E-state index in [1.165, 1.54) is 0 Å². The summed E-state index contributed by atoms with van der Waals surface area (Å²) in [5.74, 6) is 0. The summed E-state index contributed by atoms with van der Waals surface area (Å²) in [6.45, 7) is -0.433. The average molecular weight is 369 g/mol. The van der Waals surface area contributed by atoms with Crippen LogP contribution < -0.4 is 5.14 Å². The molecule has 0 amide bonds. The van der Waals surface area contributed by atoms with Crippen LogP contribution in [0, 0.1) is 3.70 Å². The minimum Gasteiger partial charge on any atom is -0.258 e. The summed E-state index contributed by atoms with van der Waals surface area (Å²) in [6.07, 6.45) is -4.45. The van der Waals surface area contributed by atoms with Crippen LogP contribution in [0.1, 0.15) is 6.42 Å². The molecular weight excluding hydrogens is 362 g/mol. The van der Waals surface area contributed by atoms with Crippen LogP contribution in [-0.4, -0.2) is 24.4 Å². The molecule has 0 aliphatic rings. The topological polar surface area (TPSA) is 78.0 Å². The van der Waals surface area contributed by atoms with E-state index < -0.39 is 29.2 Å². The summed E-state index contributed by atoms with van der Waals surface area (Å²) in [7, 11) is -3.94. The SMILES string of the molecule is NS(=O)(=O)c1cnn(CCC(F)(F)F)c1I. The minimum absolute atomic E-state index is 0.0735. The molecule has 1 rings (SSSR count). The van der Waals surface area contributed by atoms with Crippen molar-refractivity contribution in [3.63, 3.8) is 0 Å². The number of primary sulfonamides is 1. The highest BCUT2D eigenvalue weighted by Gasteiger charge is 2.28. The van der Waals surface area contributed by atoms with E-state index in [0.29, 0.717) is 0 Å². The second-order valence-electron chi connectivity index (χ2n) is 2.93. The predicted molar refractivity (Wildman–Crippen MR) is 57.0 cm³/mol. The van der Waals surface area contributed by atoms with Crippen LogP contribution in [0.15, 0.2) is 11.1 Å². The molecule has 92 valence electrons. The van der Waals surface area contributed by atoms with Crippen LogP contribution >= 0.6 is 22.6 Å². The monoisotopic (exact) mass is 369 g/mol. The Bertz CT molecular complexity index is 482. The third kappa shape index (κ3) is 3.59. The third-order valence-electron chi connectivity index (χ3n) is 1.66. The number of rotatable bonds is 3. The van der Waals surface area contributed by atoms with Gasteiger partial charge in [-0.3, -0.25) is 4.68 Å². The molecule has 1 heterocycles. The molecule has 0 aromatic carbocycles. The fraction of sp³-hybridized carbons (Fsp3) is 0.500. The van der Waals surface area contributed by atoms with Gasteiger partial charge in [0, 0.05) is 0 Å². The lowest BCUT2D eigenvalue weighted by Crippen LogP contribution is -2.16. The number of aromatic nitrogens is 2. The molecule has 10 heteroatoms. The maximum Gasteiger partial charge on any atom is 0.390 e. The summed E-state index contributed by atoms with van der Waals surface area (Å²) < 4.78 is 58.7. The fourth-order valence-corrected chi connectivity index (χ4v) is 2.89. The van der Waals surface area contributed by atoms with E-state index in [4.69, 9.17) is 5.14 Å². The lowest BCUT2D eigenvalue weighted by molar-refractivity contribution is -0.137. The smallest absolute Gasteiger partial charge is 0.258 e. The zero-order chi connectivity index (χ0) is 12.6. The maximum atomic E-state index is 11.9. The van der Waals surface area contributed by atoms with Crippen molar-refractivity contribution in [3.8, 4) is 0 Å². The van der Waals surface area contributed by atoms with E-state index >= 15 is 0 Å². The highest BCUT2D eigenvalue weighted by Crippen LogP contribution is 2.22. The van der Waals surface area contributed by atoms with Crippen LogP contribution in [0.3, 0.4) is 0 Å². The largest absolute Gasteiger partial charge is 0.390 e. The van der Waals surface area contributed by atoms with Gasteiger partial charge in [-0.1, -0.05) is 0 Å². The highest BCUT2D eigenvalue weighted by molar-refractivity contribution is 14.1. The molecule has 1 aromatic heterocycles. The Morgan fingerprint density at radius 3 is 2.44 bits per heavy atom. The minimum atomic E-state index is -4.31. The molecule has 0 aliphatic carbocycles. The second-order valence-corrected chi connectivity index (χ2v) is 5.48. The van der Waals surface area contributed by atoms with Crippen molar-refractivity contribution in [1.29, 1.82) is 0 Å². The van der Waals surface area contributed by atoms with Crippen molar-refractivity contribution in [1.82, 2.24) is 9.78 Å². The first-order valence-corrected chi connectivity index (χ1v) is 6.54. The van der Waals surface area contributed by atoms with Gasteiger partial charge in [-0.05, 0) is 22.6 Å². The molecular formula is C6H7F3IN3O2S. The van der Waals surface area contributed by atoms with E-state index in [1.807, 2.05) is 0 Å². The van der Waals surface area contributed by atoms with Gasteiger partial charge in [0.2, 0.25) is 10.0 Å². The molecule has 16 heavy (non-hydrogen) atoms. The molecule has 0 unspecified atom stereocenters. The normalized spacial score (nSPS) is 13.1. The summed E-state index contributed by atoms with van der Waals surface area (Å²) >= 11 is 1.59. The Hall–Kier alpha value is -0.360. The third-order valence-corrected chi connectivity index (χ3v) is 4.07. The zero-order valence-corrected chi connectivity index (χ0v) is 10.7. The molecule has 0 aliphatic heterocycles. The summed E-state index contributed by atoms with van der Waals surface area (Å²) in [5.41, 5.74) is 0. The molecule has 0 spiro atoms. The predicted octanol–water partition coefficient (Wildman–Crippen LogP) is 1.09. The molecule has 1 aromatic rings. The summed E-state index contributed by atoms with van der Waals surface area (Å²) in [4.78, 5) is -0.268. The number of aryl methyl sites for hydroxylation is 1. The van der Waals surface area contributed by atoms with Gasteiger partial charge in [0.1, 0.15) is 8.60 Å². The first-order valence-electron chi connectivity index (χ1n) is 3.92. The van der Waals surface area contributed by atoms with Crippen LogP contribution in [0.5, 0.6) is 0 Å². The van der Waals surface area contributed by atoms with Gasteiger partial charge in [0.15, 0.2) is 0 Å². The first kappa shape index (κ1) is 13.7. The average Bonchev–Trinajstić information content (AvgIpc) is 2.41. The van der Waals surface area contributed by atoms with Gasteiger partial charge in [0.25, 0.3) is 0 Å². The van der Waals surface area contributed by atoms with Crippen molar-refractivity contribution >= 4 is 32.6 Å². The Balaban J connectivity index is 2.90. The quantitative estimate of drug-likeness (QED) is 0.811. The zero-order valence-electron chi connectivity index (χ0n) is 7.70. The van der Waals surface area contributed by atoms with Gasteiger partial charge in [0.05, 0.1) is 19.2 Å². The van der Waals surface area contributed by atoms with Crippen LogP contribution in [0.4, 0.5) is 13.2 Å². The highest BCUT2D eigenvalue weighted by atomic mass is 127. The second kappa shape index (κ2) is 4.49. The summed E-state index contributed by atoms with van der Waals surface area (Å²) in [6, 6.07) is 0. The summed E-state index contributed by atoms with van der Waals surface area (Å²) in [5, 5.41) is 8.38. The van der Waals surface area contributed by atoms with Crippen molar-refractivity contribution in [2.75, 3.05) is 0 Å². The fourth-order valence-electron chi connectivity index (χ4n) is 0.933. The van der Waals surface area contributed by atoms with Crippen molar-refractivity contribution in [2.45, 2.75) is 24.0 Å². The van der Waals surface area contributed by atoms with E-state index in [-0.39, 0.29) is 8.60 Å². The molecule has 0 fully saturated rings. The number of hydrogen-bond donors (Lipinski definition) is 1. The Morgan fingerprint density at radius 1 is 1.50 bits per heavy atom. The van der Waals surface area contributed by atoms with Crippen LogP contribution in [-0.2, 0) is 16.6 Å². The molecule has 0 radical (unpaired) electrons. The lowest BCUT2D eigenvalue weighted by Gasteiger charge is -2.07. The van der Waals surface area contributed by atoms with Gasteiger partial charge >= 0.3 is 6.18 Å². The Labute approximate surface area is 103 Å². The first-order chi connectivity index (χ1) is 7.11. The van der Waals surface area contributed by atoms with Crippen molar-refractivity contribution < 1.29 is 21.6 Å². The maximum absolute atomic E-state index is 11.9. The van der Waals surface area contributed by atoms with E-state index in [0.717, 1.165) is 10.9 Å². The van der Waals surface area contributed by atoms with Crippen LogP contribution in [0.25, 0.3) is 0 Å². The van der Waals surface area contributed by atoms with Gasteiger partial charge in [-0.2, -0.15) is 18.3 Å².